The average molecular weight is 240 g/mol. The largest absolute Gasteiger partial charge is 0.464 e. The van der Waals surface area contributed by atoms with E-state index in [4.69, 9.17) is 9.47 Å². The lowest BCUT2D eigenvalue weighted by molar-refractivity contribution is -0.186. The van der Waals surface area contributed by atoms with Crippen LogP contribution >= 0.6 is 0 Å². The van der Waals surface area contributed by atoms with Crippen molar-refractivity contribution in [2.24, 2.45) is 10.8 Å². The third-order valence-corrected chi connectivity index (χ3v) is 3.68. The molecule has 2 rings (SSSR count). The van der Waals surface area contributed by atoms with E-state index < -0.39 is 5.41 Å². The fraction of sp³-hybridized carbons (Fsp3) is 0.846. The Bertz CT molecular complexity index is 302. The smallest absolute Gasteiger partial charge is 0.323 e. The predicted molar refractivity (Wildman–Crippen MR) is 61.2 cm³/mol. The van der Waals surface area contributed by atoms with Crippen LogP contribution in [0.4, 0.5) is 0 Å². The van der Waals surface area contributed by atoms with E-state index in [1.807, 2.05) is 13.8 Å². The molecule has 0 atom stereocenters. The van der Waals surface area contributed by atoms with Gasteiger partial charge in [-0.3, -0.25) is 9.59 Å². The fourth-order valence-electron chi connectivity index (χ4n) is 2.49. The molecule has 0 aromatic carbocycles. The van der Waals surface area contributed by atoms with Gasteiger partial charge in [0.05, 0.1) is 13.2 Å². The van der Waals surface area contributed by atoms with Gasteiger partial charge in [0.25, 0.3) is 0 Å². The number of hydrogen-bond donors (Lipinski definition) is 0. The second-order valence-corrected chi connectivity index (χ2v) is 5.96. The Morgan fingerprint density at radius 2 is 1.35 bits per heavy atom. The van der Waals surface area contributed by atoms with Crippen LogP contribution in [-0.2, 0) is 19.1 Å². The highest BCUT2D eigenvalue weighted by Crippen LogP contribution is 2.40. The van der Waals surface area contributed by atoms with Crippen molar-refractivity contribution in [3.63, 3.8) is 0 Å². The normalized spacial score (nSPS) is 27.9. The summed E-state index contributed by atoms with van der Waals surface area (Å²) in [4.78, 5) is 24.2. The van der Waals surface area contributed by atoms with Crippen LogP contribution in [0.5, 0.6) is 0 Å². The van der Waals surface area contributed by atoms with Crippen LogP contribution in [0.1, 0.15) is 46.0 Å². The molecule has 0 bridgehead atoms. The summed E-state index contributed by atoms with van der Waals surface area (Å²) < 4.78 is 10.6. The fourth-order valence-corrected chi connectivity index (χ4v) is 2.49. The number of carbonyl (C=O) groups is 2. The van der Waals surface area contributed by atoms with Gasteiger partial charge in [-0.2, -0.15) is 0 Å². The quantitative estimate of drug-likeness (QED) is 0.480. The Kier molecular flexibility index (Phi) is 3.15. The van der Waals surface area contributed by atoms with Crippen LogP contribution in [0.25, 0.3) is 0 Å². The molecule has 0 N–H and O–H groups in total. The molecule has 1 saturated carbocycles. The summed E-state index contributed by atoms with van der Waals surface area (Å²) in [5, 5.41) is 0. The van der Waals surface area contributed by atoms with Gasteiger partial charge in [0.15, 0.2) is 5.41 Å². The lowest BCUT2D eigenvalue weighted by atomic mass is 9.73. The van der Waals surface area contributed by atoms with E-state index in [-0.39, 0.29) is 17.4 Å². The molecule has 2 aliphatic rings. The van der Waals surface area contributed by atoms with Gasteiger partial charge < -0.3 is 9.47 Å². The van der Waals surface area contributed by atoms with Crippen LogP contribution in [0.3, 0.4) is 0 Å². The zero-order valence-electron chi connectivity index (χ0n) is 10.6. The van der Waals surface area contributed by atoms with Crippen LogP contribution in [-0.4, -0.2) is 25.2 Å². The highest BCUT2D eigenvalue weighted by molar-refractivity contribution is 6.00. The molecule has 1 aliphatic carbocycles. The summed E-state index contributed by atoms with van der Waals surface area (Å²) in [5.74, 6) is -0.759. The zero-order chi connectivity index (χ0) is 12.5. The molecule has 0 radical (unpaired) electrons. The maximum absolute atomic E-state index is 12.1. The molecule has 0 amide bonds. The van der Waals surface area contributed by atoms with Crippen LogP contribution < -0.4 is 0 Å². The summed E-state index contributed by atoms with van der Waals surface area (Å²) in [6.07, 6.45) is 4.02. The van der Waals surface area contributed by atoms with E-state index >= 15 is 0 Å². The van der Waals surface area contributed by atoms with Gasteiger partial charge in [-0.1, -0.05) is 33.1 Å². The topological polar surface area (TPSA) is 52.6 Å². The van der Waals surface area contributed by atoms with E-state index in [9.17, 15) is 9.59 Å². The first-order valence-corrected chi connectivity index (χ1v) is 6.31. The lowest BCUT2D eigenvalue weighted by Gasteiger charge is -2.37. The van der Waals surface area contributed by atoms with Crippen molar-refractivity contribution in [3.05, 3.63) is 0 Å². The third kappa shape index (κ3) is 2.31. The molecule has 1 spiro atoms. The van der Waals surface area contributed by atoms with Gasteiger partial charge >= 0.3 is 11.9 Å². The number of esters is 2. The molecule has 0 aromatic heterocycles. The standard InChI is InChI=1S/C13H20O4/c1-12(2)8-16-10(14)13(11(15)17-9-12)6-4-3-5-7-13/h3-9H2,1-2H3. The summed E-state index contributed by atoms with van der Waals surface area (Å²) in [6.45, 7) is 4.49. The summed E-state index contributed by atoms with van der Waals surface area (Å²) in [5.41, 5.74) is -1.30. The van der Waals surface area contributed by atoms with Crippen molar-refractivity contribution < 1.29 is 19.1 Å². The van der Waals surface area contributed by atoms with E-state index in [1.54, 1.807) is 0 Å². The average Bonchev–Trinajstić information content (AvgIpc) is 2.33. The Morgan fingerprint density at radius 1 is 0.882 bits per heavy atom. The van der Waals surface area contributed by atoms with Crippen LogP contribution in [0.15, 0.2) is 0 Å². The predicted octanol–water partition coefficient (Wildman–Crippen LogP) is 2.06. The maximum Gasteiger partial charge on any atom is 0.323 e. The van der Waals surface area contributed by atoms with E-state index in [0.29, 0.717) is 26.1 Å². The first-order valence-electron chi connectivity index (χ1n) is 6.31. The number of ether oxygens (including phenoxy) is 2. The monoisotopic (exact) mass is 240 g/mol. The van der Waals surface area contributed by atoms with Crippen molar-refractivity contribution in [2.45, 2.75) is 46.0 Å². The first kappa shape index (κ1) is 12.4. The molecular weight excluding hydrogens is 220 g/mol. The first-order chi connectivity index (χ1) is 7.96. The highest BCUT2D eigenvalue weighted by atomic mass is 16.6. The van der Waals surface area contributed by atoms with Gasteiger partial charge in [0.1, 0.15) is 0 Å². The number of carbonyl (C=O) groups excluding carboxylic acids is 2. The highest BCUT2D eigenvalue weighted by Gasteiger charge is 2.51. The Balaban J connectivity index is 2.21. The van der Waals surface area contributed by atoms with Gasteiger partial charge in [-0.05, 0) is 12.8 Å². The van der Waals surface area contributed by atoms with Gasteiger partial charge in [0.2, 0.25) is 0 Å². The summed E-state index contributed by atoms with van der Waals surface area (Å²) in [6, 6.07) is 0. The van der Waals surface area contributed by atoms with Crippen molar-refractivity contribution in [3.8, 4) is 0 Å². The summed E-state index contributed by atoms with van der Waals surface area (Å²) in [7, 11) is 0. The van der Waals surface area contributed by atoms with Crippen molar-refractivity contribution >= 4 is 11.9 Å². The third-order valence-electron chi connectivity index (χ3n) is 3.68. The SMILES string of the molecule is CC1(C)COC(=O)C2(CCCCC2)C(=O)OC1. The number of cyclic esters (lactones) is 2. The number of hydrogen-bond acceptors (Lipinski definition) is 4. The molecule has 2 fully saturated rings. The number of rotatable bonds is 0. The minimum absolute atomic E-state index is 0.290. The molecule has 17 heavy (non-hydrogen) atoms. The van der Waals surface area contributed by atoms with Crippen molar-refractivity contribution in [2.75, 3.05) is 13.2 Å². The summed E-state index contributed by atoms with van der Waals surface area (Å²) >= 11 is 0. The molecule has 1 aliphatic heterocycles. The van der Waals surface area contributed by atoms with E-state index in [1.165, 1.54) is 0 Å². The lowest BCUT2D eigenvalue weighted by Crippen LogP contribution is -2.48. The molecule has 0 unspecified atom stereocenters. The second-order valence-electron chi connectivity index (χ2n) is 5.96. The van der Waals surface area contributed by atoms with Gasteiger partial charge in [-0.25, -0.2) is 0 Å². The molecule has 96 valence electrons. The molecular formula is C13H20O4. The Morgan fingerprint density at radius 3 is 1.82 bits per heavy atom. The zero-order valence-corrected chi connectivity index (χ0v) is 10.6. The van der Waals surface area contributed by atoms with Gasteiger partial charge in [-0.15, -0.1) is 0 Å². The second kappa shape index (κ2) is 4.31. The maximum atomic E-state index is 12.1. The van der Waals surface area contributed by atoms with Crippen LogP contribution in [0.2, 0.25) is 0 Å². The van der Waals surface area contributed by atoms with E-state index in [2.05, 4.69) is 0 Å². The van der Waals surface area contributed by atoms with Crippen molar-refractivity contribution in [1.82, 2.24) is 0 Å². The molecule has 1 saturated heterocycles. The Labute approximate surface area is 102 Å². The van der Waals surface area contributed by atoms with E-state index in [0.717, 1.165) is 19.3 Å². The molecule has 0 aromatic rings. The Hall–Kier alpha value is -1.06. The molecule has 4 nitrogen and oxygen atoms in total. The minimum Gasteiger partial charge on any atom is -0.464 e. The minimum atomic E-state index is -1.01. The van der Waals surface area contributed by atoms with Crippen molar-refractivity contribution in [1.29, 1.82) is 0 Å². The van der Waals surface area contributed by atoms with Gasteiger partial charge in [0, 0.05) is 5.41 Å². The molecule has 1 heterocycles. The van der Waals surface area contributed by atoms with Crippen LogP contribution in [0, 0.1) is 10.8 Å². The molecule has 4 heteroatoms.